The number of hydrogen-bond donors (Lipinski definition) is 0. The molecule has 72 valence electrons. The first-order valence-corrected chi connectivity index (χ1v) is 4.87. The van der Waals surface area contributed by atoms with Gasteiger partial charge in [0.1, 0.15) is 0 Å². The summed E-state index contributed by atoms with van der Waals surface area (Å²) in [5.41, 5.74) is 2.00. The average Bonchev–Trinajstić information content (AvgIpc) is 2.17. The van der Waals surface area contributed by atoms with Crippen LogP contribution in [0.25, 0.3) is 0 Å². The van der Waals surface area contributed by atoms with Crippen LogP contribution in [0.2, 0.25) is 0 Å². The molecule has 1 aromatic rings. The van der Waals surface area contributed by atoms with Gasteiger partial charge in [0.25, 0.3) is 0 Å². The fourth-order valence-electron chi connectivity index (χ4n) is 1.97. The largest absolute Gasteiger partial charge is 0.381 e. The Kier molecular flexibility index (Phi) is 2.51. The summed E-state index contributed by atoms with van der Waals surface area (Å²) in [6, 6.07) is 10.1. The van der Waals surface area contributed by atoms with E-state index in [0.717, 1.165) is 18.4 Å². The smallest absolute Gasteiger partial charge is 0.0994 e. The molecule has 0 heterocycles. The Morgan fingerprint density at radius 2 is 2.07 bits per heavy atom. The van der Waals surface area contributed by atoms with E-state index in [2.05, 4.69) is 12.1 Å². The lowest BCUT2D eigenvalue weighted by atomic mass is 9.76. The zero-order chi connectivity index (χ0) is 9.97. The molecular weight excluding hydrogens is 174 g/mol. The molecule has 1 fully saturated rings. The molecule has 2 nitrogen and oxygen atoms in total. The van der Waals surface area contributed by atoms with Crippen LogP contribution in [-0.4, -0.2) is 13.2 Å². The molecular formula is C12H13NO. The van der Waals surface area contributed by atoms with Crippen LogP contribution in [0.1, 0.15) is 29.9 Å². The first-order chi connectivity index (χ1) is 6.85. The predicted octanol–water partition coefficient (Wildman–Crippen LogP) is 2.45. The van der Waals surface area contributed by atoms with Crippen LogP contribution in [0.15, 0.2) is 24.3 Å². The van der Waals surface area contributed by atoms with Crippen LogP contribution in [0, 0.1) is 11.3 Å². The number of rotatable bonds is 2. The van der Waals surface area contributed by atoms with Gasteiger partial charge >= 0.3 is 0 Å². The van der Waals surface area contributed by atoms with Gasteiger partial charge in [0.2, 0.25) is 0 Å². The van der Waals surface area contributed by atoms with Gasteiger partial charge < -0.3 is 4.74 Å². The van der Waals surface area contributed by atoms with Gasteiger partial charge in [-0.3, -0.25) is 0 Å². The van der Waals surface area contributed by atoms with Crippen molar-refractivity contribution in [2.24, 2.45) is 0 Å². The quantitative estimate of drug-likeness (QED) is 0.712. The normalized spacial score (nSPS) is 25.1. The summed E-state index contributed by atoms with van der Waals surface area (Å²) in [6.45, 7) is 0. The van der Waals surface area contributed by atoms with Crippen molar-refractivity contribution in [3.05, 3.63) is 35.4 Å². The van der Waals surface area contributed by atoms with Crippen molar-refractivity contribution in [2.45, 2.75) is 24.9 Å². The van der Waals surface area contributed by atoms with Gasteiger partial charge in [-0.1, -0.05) is 18.2 Å². The Balaban J connectivity index is 2.15. The van der Waals surface area contributed by atoms with Crippen LogP contribution in [0.4, 0.5) is 0 Å². The second kappa shape index (κ2) is 3.81. The lowest BCUT2D eigenvalue weighted by Crippen LogP contribution is -2.29. The first-order valence-electron chi connectivity index (χ1n) is 4.87. The van der Waals surface area contributed by atoms with Gasteiger partial charge in [-0.2, -0.15) is 5.26 Å². The summed E-state index contributed by atoms with van der Waals surface area (Å²) in [7, 11) is 1.75. The summed E-state index contributed by atoms with van der Waals surface area (Å²) < 4.78 is 5.23. The van der Waals surface area contributed by atoms with E-state index in [0.29, 0.717) is 12.0 Å². The molecule has 2 rings (SSSR count). The van der Waals surface area contributed by atoms with E-state index in [9.17, 15) is 0 Å². The highest BCUT2D eigenvalue weighted by Crippen LogP contribution is 2.39. The summed E-state index contributed by atoms with van der Waals surface area (Å²) in [4.78, 5) is 0. The maximum atomic E-state index is 8.93. The van der Waals surface area contributed by atoms with Crippen LogP contribution in [0.3, 0.4) is 0 Å². The molecule has 0 unspecified atom stereocenters. The fraction of sp³-hybridized carbons (Fsp3) is 0.417. The van der Waals surface area contributed by atoms with E-state index in [1.54, 1.807) is 7.11 Å². The third kappa shape index (κ3) is 1.51. The molecule has 1 saturated carbocycles. The molecule has 14 heavy (non-hydrogen) atoms. The number of hydrogen-bond acceptors (Lipinski definition) is 2. The monoisotopic (exact) mass is 187 g/mol. The molecule has 0 spiro atoms. The van der Waals surface area contributed by atoms with E-state index < -0.39 is 0 Å². The predicted molar refractivity (Wildman–Crippen MR) is 53.9 cm³/mol. The van der Waals surface area contributed by atoms with Crippen molar-refractivity contribution in [3.63, 3.8) is 0 Å². The van der Waals surface area contributed by atoms with Gasteiger partial charge in [-0.25, -0.2) is 0 Å². The van der Waals surface area contributed by atoms with Crippen molar-refractivity contribution in [1.29, 1.82) is 5.26 Å². The molecule has 0 aliphatic heterocycles. The molecule has 2 heteroatoms. The maximum absolute atomic E-state index is 8.93. The van der Waals surface area contributed by atoms with Gasteiger partial charge in [0.05, 0.1) is 17.7 Å². The zero-order valence-electron chi connectivity index (χ0n) is 8.23. The van der Waals surface area contributed by atoms with E-state index >= 15 is 0 Å². The van der Waals surface area contributed by atoms with Crippen LogP contribution in [-0.2, 0) is 4.74 Å². The van der Waals surface area contributed by atoms with Gasteiger partial charge in [-0.15, -0.1) is 0 Å². The molecule has 0 bridgehead atoms. The minimum absolute atomic E-state index is 0.395. The molecule has 0 amide bonds. The highest BCUT2D eigenvalue weighted by atomic mass is 16.5. The lowest BCUT2D eigenvalue weighted by molar-refractivity contribution is 0.0257. The van der Waals surface area contributed by atoms with Crippen molar-refractivity contribution >= 4 is 0 Å². The highest BCUT2D eigenvalue weighted by molar-refractivity contribution is 5.40. The minimum atomic E-state index is 0.395. The summed E-state index contributed by atoms with van der Waals surface area (Å²) in [5.74, 6) is 0.524. The highest BCUT2D eigenvalue weighted by Gasteiger charge is 2.31. The Morgan fingerprint density at radius 3 is 2.71 bits per heavy atom. The third-order valence-corrected chi connectivity index (χ3v) is 2.95. The third-order valence-electron chi connectivity index (χ3n) is 2.95. The number of ether oxygens (including phenoxy) is 1. The summed E-state index contributed by atoms with van der Waals surface area (Å²) in [6.07, 6.45) is 2.50. The van der Waals surface area contributed by atoms with Crippen LogP contribution < -0.4 is 0 Å². The molecule has 1 aliphatic carbocycles. The molecule has 0 aromatic heterocycles. The fourth-order valence-corrected chi connectivity index (χ4v) is 1.97. The second-order valence-electron chi connectivity index (χ2n) is 3.73. The average molecular weight is 187 g/mol. The minimum Gasteiger partial charge on any atom is -0.381 e. The Labute approximate surface area is 84.1 Å². The maximum Gasteiger partial charge on any atom is 0.0994 e. The van der Waals surface area contributed by atoms with Crippen molar-refractivity contribution in [3.8, 4) is 6.07 Å². The van der Waals surface area contributed by atoms with Crippen molar-refractivity contribution in [2.75, 3.05) is 7.11 Å². The lowest BCUT2D eigenvalue weighted by Gasteiger charge is -2.34. The standard InChI is InChI=1S/C12H13NO/c1-14-11-6-10(7-11)12-5-3-2-4-9(12)8-13/h2-5,10-11H,6-7H2,1H3. The van der Waals surface area contributed by atoms with Crippen LogP contribution in [0.5, 0.6) is 0 Å². The van der Waals surface area contributed by atoms with E-state index in [4.69, 9.17) is 10.00 Å². The second-order valence-corrected chi connectivity index (χ2v) is 3.73. The Hall–Kier alpha value is -1.33. The number of nitriles is 1. The Morgan fingerprint density at radius 1 is 1.36 bits per heavy atom. The molecule has 1 aliphatic rings. The molecule has 1 aromatic carbocycles. The molecule has 0 saturated heterocycles. The van der Waals surface area contributed by atoms with Crippen molar-refractivity contribution < 1.29 is 4.74 Å². The topological polar surface area (TPSA) is 33.0 Å². The molecule has 0 atom stereocenters. The summed E-state index contributed by atoms with van der Waals surface area (Å²) in [5, 5.41) is 8.93. The van der Waals surface area contributed by atoms with Gasteiger partial charge in [-0.05, 0) is 30.4 Å². The van der Waals surface area contributed by atoms with Crippen LogP contribution >= 0.6 is 0 Å². The zero-order valence-corrected chi connectivity index (χ0v) is 8.23. The Bertz CT molecular complexity index is 361. The first kappa shape index (κ1) is 9.23. The van der Waals surface area contributed by atoms with Crippen molar-refractivity contribution in [1.82, 2.24) is 0 Å². The molecule has 0 N–H and O–H groups in total. The number of benzene rings is 1. The van der Waals surface area contributed by atoms with E-state index in [1.807, 2.05) is 18.2 Å². The summed E-state index contributed by atoms with van der Waals surface area (Å²) >= 11 is 0. The SMILES string of the molecule is COC1CC(c2ccccc2C#N)C1. The van der Waals surface area contributed by atoms with Gasteiger partial charge in [0, 0.05) is 7.11 Å². The van der Waals surface area contributed by atoms with E-state index in [1.165, 1.54) is 5.56 Å². The molecule has 0 radical (unpaired) electrons. The van der Waals surface area contributed by atoms with Gasteiger partial charge in [0.15, 0.2) is 0 Å². The number of methoxy groups -OCH3 is 1. The number of nitrogens with zero attached hydrogens (tertiary/aromatic N) is 1. The van der Waals surface area contributed by atoms with E-state index in [-0.39, 0.29) is 0 Å².